The molecule has 0 fully saturated rings. The van der Waals surface area contributed by atoms with E-state index < -0.39 is 37.8 Å². The van der Waals surface area contributed by atoms with E-state index in [1.54, 1.807) is 47.6 Å². The second-order valence-electron chi connectivity index (χ2n) is 8.38. The minimum atomic E-state index is -3.93. The molecule has 0 bridgehead atoms. The summed E-state index contributed by atoms with van der Waals surface area (Å²) in [5.74, 6) is -0.642. The molecule has 0 radical (unpaired) electrons. The molecule has 3 N–H and O–H groups in total. The highest BCUT2D eigenvalue weighted by Crippen LogP contribution is 2.55. The maximum atomic E-state index is 12.9. The largest absolute Gasteiger partial charge is 0.504 e. The van der Waals surface area contributed by atoms with Crippen LogP contribution in [-0.2, 0) is 34.1 Å². The van der Waals surface area contributed by atoms with Gasteiger partial charge in [-0.05, 0) is 65.7 Å². The molecule has 0 amide bonds. The summed E-state index contributed by atoms with van der Waals surface area (Å²) in [5, 5.41) is 10.1. The Kier molecular flexibility index (Phi) is 8.68. The molecule has 0 aliphatic heterocycles. The number of methoxy groups -OCH3 is 1. The first-order valence-corrected chi connectivity index (χ1v) is 10.5. The highest BCUT2D eigenvalue weighted by molar-refractivity contribution is 7.48. The van der Waals surface area contributed by atoms with Gasteiger partial charge in [0.2, 0.25) is 6.79 Å². The Labute approximate surface area is 172 Å². The van der Waals surface area contributed by atoms with Gasteiger partial charge < -0.3 is 20.3 Å². The first kappa shape index (κ1) is 25.4. The molecular formula is C19H32NO8P. The Hall–Kier alpha value is -1.64. The van der Waals surface area contributed by atoms with Gasteiger partial charge in [-0.15, -0.1) is 0 Å². The lowest BCUT2D eigenvalue weighted by molar-refractivity contribution is -0.142. The molecule has 1 aromatic rings. The van der Waals surface area contributed by atoms with Crippen molar-refractivity contribution < 1.29 is 37.5 Å². The molecule has 0 aliphatic rings. The summed E-state index contributed by atoms with van der Waals surface area (Å²) in [6, 6.07) is 3.69. The summed E-state index contributed by atoms with van der Waals surface area (Å²) in [6.07, 6.45) is 0.186. The van der Waals surface area contributed by atoms with Gasteiger partial charge in [-0.1, -0.05) is 6.07 Å². The van der Waals surface area contributed by atoms with E-state index in [-0.39, 0.29) is 17.9 Å². The van der Waals surface area contributed by atoms with E-state index in [4.69, 9.17) is 24.0 Å². The monoisotopic (exact) mass is 433 g/mol. The van der Waals surface area contributed by atoms with Crippen LogP contribution in [0.3, 0.4) is 0 Å². The van der Waals surface area contributed by atoms with Crippen molar-refractivity contribution in [2.24, 2.45) is 5.73 Å². The minimum Gasteiger partial charge on any atom is -0.504 e. The topological polar surface area (TPSA) is 127 Å². The van der Waals surface area contributed by atoms with Gasteiger partial charge in [0.25, 0.3) is 0 Å². The van der Waals surface area contributed by atoms with Crippen LogP contribution in [-0.4, -0.2) is 42.2 Å². The summed E-state index contributed by atoms with van der Waals surface area (Å²) in [5.41, 5.74) is 4.78. The Balaban J connectivity index is 2.78. The molecule has 0 saturated heterocycles. The number of hydrogen-bond donors (Lipinski definition) is 2. The van der Waals surface area contributed by atoms with Crippen molar-refractivity contribution in [3.63, 3.8) is 0 Å². The van der Waals surface area contributed by atoms with Crippen molar-refractivity contribution in [3.05, 3.63) is 23.8 Å². The van der Waals surface area contributed by atoms with Crippen LogP contribution in [0, 0.1) is 0 Å². The standard InChI is InChI=1S/C19H32NO8P/c1-18(2,3)27-29(23,28-19(4,5)6)26-12-25-16-9-8-13(11-15(16)21)10-14(20)17(22)24-7/h8-9,11,14,21H,10,12,20H2,1-7H3. The molecule has 1 atom stereocenters. The third-order valence-electron chi connectivity index (χ3n) is 3.18. The van der Waals surface area contributed by atoms with E-state index in [0.717, 1.165) is 0 Å². The normalized spacial score (nSPS) is 13.8. The number of hydrogen-bond acceptors (Lipinski definition) is 9. The van der Waals surface area contributed by atoms with Gasteiger partial charge in [-0.2, -0.15) is 0 Å². The number of phenols is 1. The zero-order valence-electron chi connectivity index (χ0n) is 18.1. The highest BCUT2D eigenvalue weighted by atomic mass is 31.2. The van der Waals surface area contributed by atoms with E-state index in [0.29, 0.717) is 5.56 Å². The fraction of sp³-hybridized carbons (Fsp3) is 0.632. The number of esters is 1. The van der Waals surface area contributed by atoms with Crippen LogP contribution in [0.5, 0.6) is 11.5 Å². The van der Waals surface area contributed by atoms with Crippen molar-refractivity contribution in [1.82, 2.24) is 0 Å². The zero-order chi connectivity index (χ0) is 22.5. The molecule has 29 heavy (non-hydrogen) atoms. The molecule has 1 rings (SSSR count). The Morgan fingerprint density at radius 3 is 2.14 bits per heavy atom. The molecule has 10 heteroatoms. The zero-order valence-corrected chi connectivity index (χ0v) is 18.9. The van der Waals surface area contributed by atoms with Crippen molar-refractivity contribution in [3.8, 4) is 11.5 Å². The fourth-order valence-corrected chi connectivity index (χ4v) is 3.86. The summed E-state index contributed by atoms with van der Waals surface area (Å²) in [7, 11) is -2.68. The van der Waals surface area contributed by atoms with Crippen LogP contribution >= 0.6 is 7.82 Å². The molecule has 0 aromatic heterocycles. The van der Waals surface area contributed by atoms with Crippen LogP contribution in [0.2, 0.25) is 0 Å². The number of carbonyl (C=O) groups excluding carboxylic acids is 1. The third-order valence-corrected chi connectivity index (χ3v) is 5.14. The van der Waals surface area contributed by atoms with E-state index in [9.17, 15) is 14.5 Å². The van der Waals surface area contributed by atoms with E-state index in [1.165, 1.54) is 19.2 Å². The lowest BCUT2D eigenvalue weighted by atomic mass is 10.1. The predicted molar refractivity (Wildman–Crippen MR) is 108 cm³/mol. The van der Waals surface area contributed by atoms with Crippen molar-refractivity contribution in [2.45, 2.75) is 65.2 Å². The van der Waals surface area contributed by atoms with Crippen LogP contribution < -0.4 is 10.5 Å². The van der Waals surface area contributed by atoms with E-state index in [2.05, 4.69) is 4.74 Å². The number of rotatable bonds is 9. The van der Waals surface area contributed by atoms with E-state index in [1.807, 2.05) is 0 Å². The highest BCUT2D eigenvalue weighted by Gasteiger charge is 2.37. The summed E-state index contributed by atoms with van der Waals surface area (Å²) in [6.45, 7) is 9.86. The second-order valence-corrected chi connectivity index (χ2v) is 9.90. The van der Waals surface area contributed by atoms with Crippen LogP contribution in [0.25, 0.3) is 0 Å². The summed E-state index contributed by atoms with van der Waals surface area (Å²) >= 11 is 0. The first-order chi connectivity index (χ1) is 13.1. The molecule has 0 heterocycles. The Morgan fingerprint density at radius 1 is 1.14 bits per heavy atom. The second kappa shape index (κ2) is 9.91. The summed E-state index contributed by atoms with van der Waals surface area (Å²) < 4.78 is 39.1. The smallest absolute Gasteiger partial charge is 0.478 e. The number of carbonyl (C=O) groups is 1. The SMILES string of the molecule is COC(=O)C(N)Cc1ccc(OCOP(=O)(OC(C)(C)C)OC(C)(C)C)c(O)c1. The number of aromatic hydroxyl groups is 1. The summed E-state index contributed by atoms with van der Waals surface area (Å²) in [4.78, 5) is 11.4. The molecule has 1 unspecified atom stereocenters. The average Bonchev–Trinajstić information content (AvgIpc) is 2.52. The Morgan fingerprint density at radius 2 is 1.69 bits per heavy atom. The van der Waals surface area contributed by atoms with Gasteiger partial charge in [0.05, 0.1) is 18.3 Å². The lowest BCUT2D eigenvalue weighted by Crippen LogP contribution is -2.33. The van der Waals surface area contributed by atoms with Crippen LogP contribution in [0.15, 0.2) is 18.2 Å². The molecule has 0 aliphatic carbocycles. The number of benzene rings is 1. The number of ether oxygens (including phenoxy) is 2. The number of phosphoric ester groups is 1. The van der Waals surface area contributed by atoms with Crippen LogP contribution in [0.4, 0.5) is 0 Å². The molecule has 0 spiro atoms. The molecule has 9 nitrogen and oxygen atoms in total. The van der Waals surface area contributed by atoms with Gasteiger partial charge in [0.15, 0.2) is 11.5 Å². The Bertz CT molecular complexity index is 719. The maximum absolute atomic E-state index is 12.9. The quantitative estimate of drug-likeness (QED) is 0.341. The van der Waals surface area contributed by atoms with Gasteiger partial charge in [0, 0.05) is 0 Å². The third kappa shape index (κ3) is 9.60. The lowest BCUT2D eigenvalue weighted by Gasteiger charge is -2.30. The molecule has 1 aromatic carbocycles. The predicted octanol–water partition coefficient (Wildman–Crippen LogP) is 3.53. The molecule has 0 saturated carbocycles. The van der Waals surface area contributed by atoms with Gasteiger partial charge in [-0.25, -0.2) is 9.09 Å². The molecular weight excluding hydrogens is 401 g/mol. The molecule has 166 valence electrons. The van der Waals surface area contributed by atoms with Gasteiger partial charge in [-0.3, -0.25) is 13.8 Å². The van der Waals surface area contributed by atoms with Crippen molar-refractivity contribution >= 4 is 13.8 Å². The first-order valence-electron chi connectivity index (χ1n) is 9.08. The number of phosphoric acid groups is 1. The fourth-order valence-electron chi connectivity index (χ4n) is 2.20. The average molecular weight is 433 g/mol. The van der Waals surface area contributed by atoms with E-state index >= 15 is 0 Å². The van der Waals surface area contributed by atoms with Gasteiger partial charge >= 0.3 is 13.8 Å². The maximum Gasteiger partial charge on any atom is 0.478 e. The van der Waals surface area contributed by atoms with Crippen LogP contribution in [0.1, 0.15) is 47.1 Å². The van der Waals surface area contributed by atoms with Crippen molar-refractivity contribution in [2.75, 3.05) is 13.9 Å². The number of phenolic OH excluding ortho intramolecular Hbond substituents is 1. The van der Waals surface area contributed by atoms with Gasteiger partial charge in [0.1, 0.15) is 6.04 Å². The number of nitrogens with two attached hydrogens (primary N) is 1. The minimum absolute atomic E-state index is 0.0958. The van der Waals surface area contributed by atoms with Crippen molar-refractivity contribution in [1.29, 1.82) is 0 Å².